The predicted octanol–water partition coefficient (Wildman–Crippen LogP) is 0.336. The standard InChI is InChI=1S/C5H11NO4S/c1-3-6(4-2)5(7)11(8,9)10/h3-4H2,1-2H3,(H,8,9,10). The van der Waals surface area contributed by atoms with Crippen LogP contribution in [0.25, 0.3) is 0 Å². The lowest BCUT2D eigenvalue weighted by molar-refractivity contribution is 0.222. The minimum atomic E-state index is -4.54. The Kier molecular flexibility index (Phi) is 3.47. The highest BCUT2D eigenvalue weighted by molar-refractivity contribution is 8.01. The van der Waals surface area contributed by atoms with Crippen LogP contribution in [0.3, 0.4) is 0 Å². The summed E-state index contributed by atoms with van der Waals surface area (Å²) in [5.41, 5.74) is 0. The lowest BCUT2D eigenvalue weighted by atomic mass is 10.6. The van der Waals surface area contributed by atoms with Gasteiger partial charge in [0.15, 0.2) is 0 Å². The van der Waals surface area contributed by atoms with Gasteiger partial charge in [0.05, 0.1) is 0 Å². The molecule has 5 nitrogen and oxygen atoms in total. The molecule has 0 aromatic heterocycles. The molecule has 0 bridgehead atoms. The first-order chi connectivity index (χ1) is 4.93. The van der Waals surface area contributed by atoms with Crippen LogP contribution in [0, 0.1) is 0 Å². The number of hydrogen-bond acceptors (Lipinski definition) is 3. The fourth-order valence-corrected chi connectivity index (χ4v) is 1.23. The molecule has 0 aliphatic carbocycles. The second-order valence-corrected chi connectivity index (χ2v) is 3.21. The Hall–Kier alpha value is -0.620. The van der Waals surface area contributed by atoms with E-state index in [0.29, 0.717) is 0 Å². The first-order valence-electron chi connectivity index (χ1n) is 3.19. The zero-order chi connectivity index (χ0) is 9.07. The van der Waals surface area contributed by atoms with E-state index in [1.807, 2.05) is 0 Å². The van der Waals surface area contributed by atoms with Gasteiger partial charge >= 0.3 is 15.4 Å². The van der Waals surface area contributed by atoms with Crippen molar-refractivity contribution in [3.05, 3.63) is 0 Å². The molecule has 0 atom stereocenters. The van der Waals surface area contributed by atoms with Gasteiger partial charge in [0, 0.05) is 13.1 Å². The van der Waals surface area contributed by atoms with Crippen LogP contribution < -0.4 is 0 Å². The van der Waals surface area contributed by atoms with Crippen molar-refractivity contribution >= 4 is 15.4 Å². The summed E-state index contributed by atoms with van der Waals surface area (Å²) in [6.45, 7) is 3.81. The van der Waals surface area contributed by atoms with Crippen LogP contribution in [0.1, 0.15) is 13.8 Å². The Bertz CT molecular complexity index is 229. The SMILES string of the molecule is CCN(CC)C(=O)S(=O)(=O)O. The highest BCUT2D eigenvalue weighted by Crippen LogP contribution is 1.96. The molecular weight excluding hydrogens is 170 g/mol. The Morgan fingerprint density at radius 2 is 1.73 bits per heavy atom. The third kappa shape index (κ3) is 2.85. The van der Waals surface area contributed by atoms with Crippen molar-refractivity contribution in [3.8, 4) is 0 Å². The van der Waals surface area contributed by atoms with Gasteiger partial charge in [-0.3, -0.25) is 9.35 Å². The third-order valence-corrected chi connectivity index (χ3v) is 1.94. The summed E-state index contributed by atoms with van der Waals surface area (Å²) >= 11 is 0. The van der Waals surface area contributed by atoms with Gasteiger partial charge in [-0.05, 0) is 13.8 Å². The molecule has 0 aliphatic rings. The molecule has 0 saturated heterocycles. The molecule has 0 fully saturated rings. The average molecular weight is 181 g/mol. The van der Waals surface area contributed by atoms with E-state index < -0.39 is 15.4 Å². The van der Waals surface area contributed by atoms with Gasteiger partial charge < -0.3 is 4.90 Å². The predicted molar refractivity (Wildman–Crippen MR) is 39.9 cm³/mol. The van der Waals surface area contributed by atoms with Crippen molar-refractivity contribution < 1.29 is 17.8 Å². The summed E-state index contributed by atoms with van der Waals surface area (Å²) in [5, 5.41) is -1.23. The van der Waals surface area contributed by atoms with E-state index in [4.69, 9.17) is 4.55 Å². The molecular formula is C5H11NO4S. The minimum absolute atomic E-state index is 0.273. The first-order valence-corrected chi connectivity index (χ1v) is 4.63. The van der Waals surface area contributed by atoms with Gasteiger partial charge in [-0.1, -0.05) is 0 Å². The maximum atomic E-state index is 10.7. The number of carbonyl (C=O) groups excluding carboxylic acids is 1. The smallest absolute Gasteiger partial charge is 0.328 e. The van der Waals surface area contributed by atoms with Gasteiger partial charge in [-0.2, -0.15) is 8.42 Å². The molecule has 0 radical (unpaired) electrons. The van der Waals surface area contributed by atoms with E-state index >= 15 is 0 Å². The molecule has 0 aromatic carbocycles. The summed E-state index contributed by atoms with van der Waals surface area (Å²) in [5.74, 6) is 0. The van der Waals surface area contributed by atoms with E-state index in [9.17, 15) is 13.2 Å². The molecule has 6 heteroatoms. The highest BCUT2D eigenvalue weighted by Gasteiger charge is 2.23. The quantitative estimate of drug-likeness (QED) is 0.623. The van der Waals surface area contributed by atoms with E-state index in [-0.39, 0.29) is 13.1 Å². The van der Waals surface area contributed by atoms with Crippen molar-refractivity contribution in [2.75, 3.05) is 13.1 Å². The number of carbonyl (C=O) groups is 1. The van der Waals surface area contributed by atoms with Crippen LogP contribution >= 0.6 is 0 Å². The number of hydrogen-bond donors (Lipinski definition) is 1. The van der Waals surface area contributed by atoms with Gasteiger partial charge in [0.25, 0.3) is 0 Å². The third-order valence-electron chi connectivity index (χ3n) is 1.24. The molecule has 66 valence electrons. The van der Waals surface area contributed by atoms with Crippen molar-refractivity contribution in [2.24, 2.45) is 0 Å². The Morgan fingerprint density at radius 3 is 1.82 bits per heavy atom. The van der Waals surface area contributed by atoms with Gasteiger partial charge in [0.1, 0.15) is 0 Å². The number of rotatable bonds is 2. The summed E-state index contributed by atoms with van der Waals surface area (Å²) in [7, 11) is -4.54. The molecule has 0 saturated carbocycles. The summed E-state index contributed by atoms with van der Waals surface area (Å²) in [4.78, 5) is 11.7. The molecule has 0 rings (SSSR count). The number of nitrogens with zero attached hydrogens (tertiary/aromatic N) is 1. The number of amides is 1. The minimum Gasteiger partial charge on any atom is -0.328 e. The molecule has 1 N–H and O–H groups in total. The highest BCUT2D eigenvalue weighted by atomic mass is 32.2. The van der Waals surface area contributed by atoms with E-state index in [2.05, 4.69) is 0 Å². The average Bonchev–Trinajstić information content (AvgIpc) is 1.88. The molecule has 0 aromatic rings. The van der Waals surface area contributed by atoms with Crippen molar-refractivity contribution in [2.45, 2.75) is 13.8 Å². The Morgan fingerprint density at radius 1 is 1.36 bits per heavy atom. The summed E-state index contributed by atoms with van der Waals surface area (Å²) < 4.78 is 28.8. The molecule has 0 heterocycles. The van der Waals surface area contributed by atoms with Crippen molar-refractivity contribution in [1.29, 1.82) is 0 Å². The molecule has 11 heavy (non-hydrogen) atoms. The normalized spacial score (nSPS) is 11.2. The zero-order valence-electron chi connectivity index (χ0n) is 6.44. The summed E-state index contributed by atoms with van der Waals surface area (Å²) in [6.07, 6.45) is 0. The molecule has 1 amide bonds. The topological polar surface area (TPSA) is 74.7 Å². The molecule has 0 unspecified atom stereocenters. The lowest BCUT2D eigenvalue weighted by Crippen LogP contribution is -2.34. The van der Waals surface area contributed by atoms with Gasteiger partial charge in [-0.15, -0.1) is 0 Å². The fraction of sp³-hybridized carbons (Fsp3) is 0.800. The van der Waals surface area contributed by atoms with E-state index in [0.717, 1.165) is 4.90 Å². The Balaban J connectivity index is 4.48. The van der Waals surface area contributed by atoms with E-state index in [1.54, 1.807) is 13.8 Å². The fourth-order valence-electron chi connectivity index (χ4n) is 0.645. The van der Waals surface area contributed by atoms with E-state index in [1.165, 1.54) is 0 Å². The second kappa shape index (κ2) is 3.68. The largest absolute Gasteiger partial charge is 0.366 e. The van der Waals surface area contributed by atoms with Crippen LogP contribution in [0.5, 0.6) is 0 Å². The lowest BCUT2D eigenvalue weighted by Gasteiger charge is -2.15. The zero-order valence-corrected chi connectivity index (χ0v) is 7.26. The molecule has 0 aliphatic heterocycles. The van der Waals surface area contributed by atoms with Crippen LogP contribution in [-0.4, -0.2) is 36.2 Å². The second-order valence-electron chi connectivity index (χ2n) is 1.91. The summed E-state index contributed by atoms with van der Waals surface area (Å²) in [6, 6.07) is 0. The molecule has 0 spiro atoms. The monoisotopic (exact) mass is 181 g/mol. The first kappa shape index (κ1) is 10.4. The Labute approximate surface area is 65.7 Å². The van der Waals surface area contributed by atoms with Crippen LogP contribution in [-0.2, 0) is 10.1 Å². The van der Waals surface area contributed by atoms with Crippen molar-refractivity contribution in [1.82, 2.24) is 4.90 Å². The van der Waals surface area contributed by atoms with Crippen LogP contribution in [0.4, 0.5) is 4.79 Å². The van der Waals surface area contributed by atoms with Crippen molar-refractivity contribution in [3.63, 3.8) is 0 Å². The van der Waals surface area contributed by atoms with Gasteiger partial charge in [0.2, 0.25) is 0 Å². The van der Waals surface area contributed by atoms with Gasteiger partial charge in [-0.25, -0.2) is 0 Å². The maximum Gasteiger partial charge on any atom is 0.366 e. The maximum absolute atomic E-state index is 10.7. The van der Waals surface area contributed by atoms with Crippen LogP contribution in [0.2, 0.25) is 0 Å². The van der Waals surface area contributed by atoms with Crippen LogP contribution in [0.15, 0.2) is 0 Å².